The van der Waals surface area contributed by atoms with Gasteiger partial charge in [0.2, 0.25) is 0 Å². The first-order valence-electron chi connectivity index (χ1n) is 8.95. The van der Waals surface area contributed by atoms with Gasteiger partial charge in [-0.15, -0.1) is 0 Å². The number of ether oxygens (including phenoxy) is 1. The van der Waals surface area contributed by atoms with Crippen LogP contribution in [0.2, 0.25) is 0 Å². The molecule has 0 N–H and O–H groups in total. The molecular weight excluding hydrogens is 382 g/mol. The summed E-state index contributed by atoms with van der Waals surface area (Å²) in [7, 11) is 0. The molecule has 28 heavy (non-hydrogen) atoms. The number of halogens is 6. The molecule has 0 aliphatic carbocycles. The van der Waals surface area contributed by atoms with Crippen molar-refractivity contribution in [3.63, 3.8) is 0 Å². The molecule has 7 heteroatoms. The lowest BCUT2D eigenvalue weighted by Crippen LogP contribution is -2.24. The molecule has 2 aromatic carbocycles. The monoisotopic (exact) mass is 400 g/mol. The molecule has 0 saturated carbocycles. The zero-order valence-electron chi connectivity index (χ0n) is 15.1. The first-order valence-corrected chi connectivity index (χ1v) is 8.95. The summed E-state index contributed by atoms with van der Waals surface area (Å²) in [5.74, 6) is -0.915. The first kappa shape index (κ1) is 20.5. The minimum atomic E-state index is -4.91. The van der Waals surface area contributed by atoms with Crippen molar-refractivity contribution in [3.05, 3.63) is 46.8 Å². The predicted octanol–water partition coefficient (Wildman–Crippen LogP) is 5.92. The van der Waals surface area contributed by atoms with Crippen LogP contribution in [-0.2, 0) is 11.2 Å². The Bertz CT molecular complexity index is 930. The van der Waals surface area contributed by atoms with Gasteiger partial charge >= 0.3 is 6.18 Å². The van der Waals surface area contributed by atoms with Gasteiger partial charge in [-0.25, -0.2) is 13.2 Å². The minimum absolute atomic E-state index is 0.0549. The first-order chi connectivity index (χ1) is 13.1. The largest absolute Gasteiger partial charge is 0.458 e. The van der Waals surface area contributed by atoms with Gasteiger partial charge in [0.1, 0.15) is 11.6 Å². The second-order valence-corrected chi connectivity index (χ2v) is 7.15. The Morgan fingerprint density at radius 2 is 1.82 bits per heavy atom. The van der Waals surface area contributed by atoms with Crippen molar-refractivity contribution in [2.24, 2.45) is 5.92 Å². The van der Waals surface area contributed by atoms with E-state index >= 15 is 0 Å². The molecule has 1 nitrogen and oxygen atoms in total. The van der Waals surface area contributed by atoms with E-state index in [4.69, 9.17) is 4.74 Å². The van der Waals surface area contributed by atoms with Gasteiger partial charge in [-0.1, -0.05) is 18.9 Å². The fraction of sp³-hybridized carbons (Fsp3) is 0.429. The Morgan fingerprint density at radius 1 is 1.07 bits per heavy atom. The molecule has 2 unspecified atom stereocenters. The van der Waals surface area contributed by atoms with Crippen molar-refractivity contribution in [2.45, 2.75) is 44.9 Å². The van der Waals surface area contributed by atoms with Crippen LogP contribution in [0.25, 0.3) is 10.8 Å². The lowest BCUT2D eigenvalue weighted by Gasteiger charge is -2.26. The van der Waals surface area contributed by atoms with E-state index in [1.807, 2.05) is 0 Å². The topological polar surface area (TPSA) is 9.23 Å². The second kappa shape index (κ2) is 8.04. The van der Waals surface area contributed by atoms with Gasteiger partial charge in [-0.05, 0) is 54.7 Å². The van der Waals surface area contributed by atoms with Crippen LogP contribution in [0.3, 0.4) is 0 Å². The maximum absolute atomic E-state index is 14.4. The van der Waals surface area contributed by atoms with Crippen molar-refractivity contribution in [3.8, 4) is 11.8 Å². The highest BCUT2D eigenvalue weighted by Crippen LogP contribution is 2.29. The van der Waals surface area contributed by atoms with E-state index < -0.39 is 34.6 Å². The highest BCUT2D eigenvalue weighted by atomic mass is 19.4. The average molecular weight is 400 g/mol. The molecule has 2 aromatic rings. The number of benzene rings is 2. The summed E-state index contributed by atoms with van der Waals surface area (Å²) in [6.45, 7) is 2.78. The van der Waals surface area contributed by atoms with E-state index in [2.05, 4.69) is 6.92 Å². The molecule has 3 rings (SSSR count). The van der Waals surface area contributed by atoms with Crippen molar-refractivity contribution in [1.82, 2.24) is 0 Å². The molecule has 0 spiro atoms. The van der Waals surface area contributed by atoms with Gasteiger partial charge in [0.05, 0.1) is 17.1 Å². The van der Waals surface area contributed by atoms with E-state index in [0.717, 1.165) is 30.9 Å². The van der Waals surface area contributed by atoms with Crippen molar-refractivity contribution in [1.29, 1.82) is 0 Å². The molecule has 0 radical (unpaired) electrons. The second-order valence-electron chi connectivity index (χ2n) is 7.15. The maximum Gasteiger partial charge on any atom is 0.458 e. The van der Waals surface area contributed by atoms with E-state index in [1.54, 1.807) is 0 Å². The highest BCUT2D eigenvalue weighted by molar-refractivity contribution is 5.86. The molecule has 1 aliphatic heterocycles. The molecule has 0 bridgehead atoms. The third-order valence-electron chi connectivity index (χ3n) is 4.82. The molecule has 150 valence electrons. The fourth-order valence-corrected chi connectivity index (χ4v) is 3.36. The van der Waals surface area contributed by atoms with Crippen LogP contribution >= 0.6 is 0 Å². The van der Waals surface area contributed by atoms with Gasteiger partial charge in [0.25, 0.3) is 0 Å². The molecule has 1 heterocycles. The maximum atomic E-state index is 14.4. The van der Waals surface area contributed by atoms with E-state index in [9.17, 15) is 26.3 Å². The summed E-state index contributed by atoms with van der Waals surface area (Å²) >= 11 is 0. The number of rotatable bonds is 3. The third-order valence-corrected chi connectivity index (χ3v) is 4.82. The number of alkyl halides is 3. The predicted molar refractivity (Wildman–Crippen MR) is 93.2 cm³/mol. The van der Waals surface area contributed by atoms with Gasteiger partial charge in [-0.3, -0.25) is 0 Å². The van der Waals surface area contributed by atoms with Crippen LogP contribution in [0, 0.1) is 35.2 Å². The van der Waals surface area contributed by atoms with E-state index in [1.165, 1.54) is 12.0 Å². The summed E-state index contributed by atoms with van der Waals surface area (Å²) in [5.41, 5.74) is -0.554. The Hall–Kier alpha value is -2.20. The van der Waals surface area contributed by atoms with E-state index in [-0.39, 0.29) is 11.5 Å². The zero-order chi connectivity index (χ0) is 20.5. The Kier molecular flexibility index (Phi) is 5.90. The summed E-state index contributed by atoms with van der Waals surface area (Å²) in [5, 5.41) is -0.625. The van der Waals surface area contributed by atoms with Gasteiger partial charge in [0.15, 0.2) is 5.82 Å². The number of aryl methyl sites for hydroxylation is 1. The van der Waals surface area contributed by atoms with Gasteiger partial charge in [-0.2, -0.15) is 13.2 Å². The molecule has 1 fully saturated rings. The van der Waals surface area contributed by atoms with Crippen molar-refractivity contribution < 1.29 is 31.1 Å². The SMILES string of the molecule is CC1CCC(CCc2cc(F)c3c(F)c(C#CC(F)(F)F)c(F)cc3c2)OC1. The standard InChI is InChI=1S/C21H18F6O/c1-12-2-4-15(28-11-12)5-3-13-8-14-10-17(22)16(6-7-21(25,26)27)20(24)19(14)18(23)9-13/h8-10,12,15H,2-5,11H2,1H3. The molecule has 0 aromatic heterocycles. The number of fused-ring (bicyclic) bond motifs is 1. The van der Waals surface area contributed by atoms with Crippen molar-refractivity contribution in [2.75, 3.05) is 6.61 Å². The summed E-state index contributed by atoms with van der Waals surface area (Å²) in [6.07, 6.45) is -1.78. The van der Waals surface area contributed by atoms with Gasteiger partial charge < -0.3 is 4.74 Å². The Balaban J connectivity index is 1.88. The van der Waals surface area contributed by atoms with Gasteiger partial charge in [0, 0.05) is 12.5 Å². The summed E-state index contributed by atoms with van der Waals surface area (Å²) in [6, 6.07) is 3.37. The van der Waals surface area contributed by atoms with Crippen LogP contribution in [0.15, 0.2) is 18.2 Å². The van der Waals surface area contributed by atoms with Crippen LogP contribution in [0.4, 0.5) is 26.3 Å². The van der Waals surface area contributed by atoms with Crippen molar-refractivity contribution >= 4 is 10.8 Å². The summed E-state index contributed by atoms with van der Waals surface area (Å²) in [4.78, 5) is 0. The molecule has 1 aliphatic rings. The molecule has 2 atom stereocenters. The molecular formula is C21H18F6O. The fourth-order valence-electron chi connectivity index (χ4n) is 3.36. The van der Waals surface area contributed by atoms with Crippen LogP contribution in [0.5, 0.6) is 0 Å². The average Bonchev–Trinajstić information content (AvgIpc) is 2.59. The highest BCUT2D eigenvalue weighted by Gasteiger charge is 2.24. The number of hydrogen-bond donors (Lipinski definition) is 0. The van der Waals surface area contributed by atoms with Crippen LogP contribution in [0.1, 0.15) is 37.3 Å². The molecule has 0 amide bonds. The lowest BCUT2D eigenvalue weighted by molar-refractivity contribution is -0.0696. The molecule has 1 saturated heterocycles. The zero-order valence-corrected chi connectivity index (χ0v) is 15.1. The number of hydrogen-bond acceptors (Lipinski definition) is 1. The van der Waals surface area contributed by atoms with Crippen LogP contribution in [-0.4, -0.2) is 18.9 Å². The van der Waals surface area contributed by atoms with Crippen LogP contribution < -0.4 is 0 Å². The Morgan fingerprint density at radius 3 is 2.46 bits per heavy atom. The normalized spacial score (nSPS) is 20.1. The lowest BCUT2D eigenvalue weighted by atomic mass is 9.95. The Labute approximate surface area is 158 Å². The quantitative estimate of drug-likeness (QED) is 0.459. The smallest absolute Gasteiger partial charge is 0.378 e. The minimum Gasteiger partial charge on any atom is -0.378 e. The summed E-state index contributed by atoms with van der Waals surface area (Å²) < 4.78 is 85.3. The third kappa shape index (κ3) is 4.79. The van der Waals surface area contributed by atoms with E-state index in [0.29, 0.717) is 30.9 Å².